The van der Waals surface area contributed by atoms with Gasteiger partial charge >= 0.3 is 0 Å². The van der Waals surface area contributed by atoms with Gasteiger partial charge in [0.05, 0.1) is 6.17 Å². The molecule has 0 amide bonds. The molecule has 6 heteroatoms. The predicted octanol–water partition coefficient (Wildman–Crippen LogP) is 10.9. The third-order valence-electron chi connectivity index (χ3n) is 10.7. The van der Waals surface area contributed by atoms with Crippen molar-refractivity contribution in [3.63, 3.8) is 0 Å². The van der Waals surface area contributed by atoms with Gasteiger partial charge in [0.25, 0.3) is 0 Å². The Labute approximate surface area is 339 Å². The summed E-state index contributed by atoms with van der Waals surface area (Å²) in [6.45, 7) is 0. The lowest BCUT2D eigenvalue weighted by Gasteiger charge is -2.32. The first-order valence-electron chi connectivity index (χ1n) is 19.7. The van der Waals surface area contributed by atoms with E-state index in [-0.39, 0.29) is 24.7 Å². The molecule has 5 N–H and O–H groups in total. The van der Waals surface area contributed by atoms with Crippen molar-refractivity contribution in [3.8, 4) is 22.3 Å². The van der Waals surface area contributed by atoms with Crippen LogP contribution in [0.5, 0.6) is 0 Å². The molecule has 8 aromatic rings. The van der Waals surface area contributed by atoms with Gasteiger partial charge in [0.2, 0.25) is 0 Å². The van der Waals surface area contributed by atoms with E-state index in [1.54, 1.807) is 0 Å². The molecule has 0 saturated carbocycles. The van der Waals surface area contributed by atoms with Crippen LogP contribution in [0.15, 0.2) is 216 Å². The second-order valence-electron chi connectivity index (χ2n) is 14.5. The maximum Gasteiger partial charge on any atom is 0.131 e. The van der Waals surface area contributed by atoms with E-state index in [0.29, 0.717) is 0 Å². The SMILES string of the molecule is NC(NC(/N=C/c1ccc(-c2ccc(-c3ccc(C4N=C(c5ccccc5)NC(c5ccccc5)N4)cc3)c3ccccc23)cc1)c1ccccc1)c1ccccc1. The molecule has 1 aliphatic rings. The van der Waals surface area contributed by atoms with E-state index in [2.05, 4.69) is 149 Å². The number of aliphatic imine (C=N–C) groups is 2. The van der Waals surface area contributed by atoms with Crippen LogP contribution in [0.4, 0.5) is 0 Å². The Morgan fingerprint density at radius 2 is 1.03 bits per heavy atom. The average Bonchev–Trinajstić information content (AvgIpc) is 3.31. The number of rotatable bonds is 11. The van der Waals surface area contributed by atoms with Gasteiger partial charge in [0.1, 0.15) is 24.3 Å². The van der Waals surface area contributed by atoms with Crippen molar-refractivity contribution in [1.29, 1.82) is 0 Å². The van der Waals surface area contributed by atoms with Gasteiger partial charge in [-0.1, -0.05) is 206 Å². The van der Waals surface area contributed by atoms with Crippen molar-refractivity contribution < 1.29 is 0 Å². The zero-order valence-corrected chi connectivity index (χ0v) is 32.0. The minimum atomic E-state index is -0.360. The Balaban J connectivity index is 0.961. The van der Waals surface area contributed by atoms with Crippen molar-refractivity contribution in [2.45, 2.75) is 24.7 Å². The van der Waals surface area contributed by atoms with Gasteiger partial charge < -0.3 is 11.1 Å². The number of fused-ring (bicyclic) bond motifs is 1. The van der Waals surface area contributed by atoms with E-state index in [0.717, 1.165) is 50.3 Å². The van der Waals surface area contributed by atoms with Crippen molar-refractivity contribution in [2.75, 3.05) is 0 Å². The first-order chi connectivity index (χ1) is 28.7. The molecule has 1 heterocycles. The second-order valence-corrected chi connectivity index (χ2v) is 14.5. The zero-order valence-electron chi connectivity index (χ0n) is 32.0. The van der Waals surface area contributed by atoms with Crippen LogP contribution in [0, 0.1) is 0 Å². The molecule has 0 radical (unpaired) electrons. The second kappa shape index (κ2) is 17.0. The van der Waals surface area contributed by atoms with E-state index in [1.165, 1.54) is 21.9 Å². The van der Waals surface area contributed by atoms with Gasteiger partial charge in [0, 0.05) is 11.8 Å². The highest BCUT2D eigenvalue weighted by atomic mass is 15.3. The quantitative estimate of drug-likeness (QED) is 0.0783. The third kappa shape index (κ3) is 8.12. The van der Waals surface area contributed by atoms with Crippen molar-refractivity contribution in [1.82, 2.24) is 16.0 Å². The summed E-state index contributed by atoms with van der Waals surface area (Å²) >= 11 is 0. The zero-order chi connectivity index (χ0) is 39.1. The van der Waals surface area contributed by atoms with E-state index in [4.69, 9.17) is 15.7 Å². The highest BCUT2D eigenvalue weighted by molar-refractivity contribution is 6.05. The fourth-order valence-electron chi connectivity index (χ4n) is 7.63. The Morgan fingerprint density at radius 3 is 1.64 bits per heavy atom. The summed E-state index contributed by atoms with van der Waals surface area (Å²) in [4.78, 5) is 10.1. The van der Waals surface area contributed by atoms with Crippen LogP contribution < -0.4 is 21.7 Å². The first-order valence-corrected chi connectivity index (χ1v) is 19.7. The van der Waals surface area contributed by atoms with Crippen LogP contribution in [-0.4, -0.2) is 12.1 Å². The number of nitrogens with two attached hydrogens (primary N) is 1. The Bertz CT molecular complexity index is 2640. The van der Waals surface area contributed by atoms with Crippen LogP contribution in [-0.2, 0) is 0 Å². The standard InChI is InChI=1S/C52H44N6/c53-48(39-15-5-1-6-16-39)55-49(40-17-7-2-8-18-40)54-35-36-25-27-37(28-26-36)44-33-34-45(47-24-14-13-23-46(44)47)38-29-31-43(32-30-38)52-57-50(41-19-9-3-10-20-41)56-51(58-52)42-21-11-4-12-22-42/h1-35,48-50,52,55,57H,53H2,(H,56,58)/b54-35+. The Hall–Kier alpha value is -6.96. The van der Waals surface area contributed by atoms with Crippen LogP contribution in [0.3, 0.4) is 0 Å². The molecule has 8 aromatic carbocycles. The molecule has 4 atom stereocenters. The molecule has 0 aromatic heterocycles. The fraction of sp³-hybridized carbons (Fsp3) is 0.0769. The van der Waals surface area contributed by atoms with Crippen LogP contribution in [0.2, 0.25) is 0 Å². The molecule has 0 saturated heterocycles. The van der Waals surface area contributed by atoms with Gasteiger partial charge in [-0.3, -0.25) is 15.6 Å². The van der Waals surface area contributed by atoms with Gasteiger partial charge in [0.15, 0.2) is 0 Å². The summed E-state index contributed by atoms with van der Waals surface area (Å²) in [5.41, 5.74) is 17.7. The number of amidine groups is 1. The molecule has 0 aliphatic carbocycles. The summed E-state index contributed by atoms with van der Waals surface area (Å²) in [6.07, 6.45) is 0.968. The van der Waals surface area contributed by atoms with Gasteiger partial charge in [-0.25, -0.2) is 4.99 Å². The van der Waals surface area contributed by atoms with Crippen LogP contribution in [0.1, 0.15) is 58.0 Å². The van der Waals surface area contributed by atoms with Crippen molar-refractivity contribution >= 4 is 22.8 Å². The van der Waals surface area contributed by atoms with Gasteiger partial charge in [-0.15, -0.1) is 0 Å². The molecule has 9 rings (SSSR count). The molecular formula is C52H44N6. The van der Waals surface area contributed by atoms with E-state index in [9.17, 15) is 0 Å². The van der Waals surface area contributed by atoms with Crippen LogP contribution in [0.25, 0.3) is 33.0 Å². The summed E-state index contributed by atoms with van der Waals surface area (Å²) in [6, 6.07) is 71.6. The lowest BCUT2D eigenvalue weighted by atomic mass is 9.91. The molecular weight excluding hydrogens is 709 g/mol. The van der Waals surface area contributed by atoms with Gasteiger partial charge in [-0.2, -0.15) is 0 Å². The number of hydrogen-bond donors (Lipinski definition) is 4. The first kappa shape index (κ1) is 36.7. The summed E-state index contributed by atoms with van der Waals surface area (Å²) in [5, 5.41) is 13.3. The van der Waals surface area contributed by atoms with Crippen molar-refractivity contribution in [2.24, 2.45) is 15.7 Å². The maximum atomic E-state index is 6.57. The monoisotopic (exact) mass is 752 g/mol. The molecule has 58 heavy (non-hydrogen) atoms. The summed E-state index contributed by atoms with van der Waals surface area (Å²) in [7, 11) is 0. The smallest absolute Gasteiger partial charge is 0.131 e. The number of hydrogen-bond acceptors (Lipinski definition) is 6. The normalized spacial score (nSPS) is 16.4. The fourth-order valence-corrected chi connectivity index (χ4v) is 7.63. The number of benzene rings is 8. The summed E-state index contributed by atoms with van der Waals surface area (Å²) in [5.74, 6) is 0.876. The largest absolute Gasteiger partial charge is 0.350 e. The lowest BCUT2D eigenvalue weighted by Crippen LogP contribution is -2.44. The highest BCUT2D eigenvalue weighted by Gasteiger charge is 2.25. The third-order valence-corrected chi connectivity index (χ3v) is 10.7. The Kier molecular flexibility index (Phi) is 10.8. The predicted molar refractivity (Wildman–Crippen MR) is 239 cm³/mol. The van der Waals surface area contributed by atoms with E-state index in [1.807, 2.05) is 79.0 Å². The number of nitrogens with zero attached hydrogens (tertiary/aromatic N) is 2. The average molecular weight is 753 g/mol. The molecule has 282 valence electrons. The molecule has 4 unspecified atom stereocenters. The van der Waals surface area contributed by atoms with E-state index >= 15 is 0 Å². The summed E-state index contributed by atoms with van der Waals surface area (Å²) < 4.78 is 0. The van der Waals surface area contributed by atoms with Gasteiger partial charge in [-0.05, 0) is 60.8 Å². The van der Waals surface area contributed by atoms with Crippen LogP contribution >= 0.6 is 0 Å². The Morgan fingerprint density at radius 1 is 0.517 bits per heavy atom. The highest BCUT2D eigenvalue weighted by Crippen LogP contribution is 2.36. The minimum Gasteiger partial charge on any atom is -0.350 e. The molecule has 1 aliphatic heterocycles. The molecule has 6 nitrogen and oxygen atoms in total. The molecule has 0 spiro atoms. The lowest BCUT2D eigenvalue weighted by molar-refractivity contribution is 0.409. The maximum absolute atomic E-state index is 6.57. The van der Waals surface area contributed by atoms with E-state index < -0.39 is 0 Å². The molecule has 0 fully saturated rings. The number of nitrogens with one attached hydrogen (secondary N) is 3. The van der Waals surface area contributed by atoms with Crippen molar-refractivity contribution in [3.05, 3.63) is 240 Å². The topological polar surface area (TPSA) is 86.8 Å². The minimum absolute atomic E-state index is 0.0801. The molecule has 0 bridgehead atoms.